The molecule has 21 heavy (non-hydrogen) atoms. The summed E-state index contributed by atoms with van der Waals surface area (Å²) in [4.78, 5) is 8.81. The normalized spacial score (nSPS) is 12.4. The van der Waals surface area contributed by atoms with Crippen LogP contribution < -0.4 is 11.5 Å². The van der Waals surface area contributed by atoms with Gasteiger partial charge in [0.15, 0.2) is 5.82 Å². The molecular formula is C15H19N5O. The van der Waals surface area contributed by atoms with Crippen molar-refractivity contribution in [1.29, 1.82) is 0 Å². The van der Waals surface area contributed by atoms with Crippen LogP contribution in [0.5, 0.6) is 0 Å². The number of imidazole rings is 1. The maximum Gasteiger partial charge on any atom is 0.152 e. The zero-order valence-electron chi connectivity index (χ0n) is 12.2. The van der Waals surface area contributed by atoms with Crippen molar-refractivity contribution in [2.45, 2.75) is 32.5 Å². The molecule has 110 valence electrons. The van der Waals surface area contributed by atoms with Crippen molar-refractivity contribution in [1.82, 2.24) is 14.5 Å². The Morgan fingerprint density at radius 2 is 1.95 bits per heavy atom. The van der Waals surface area contributed by atoms with Crippen LogP contribution in [0.25, 0.3) is 21.9 Å². The van der Waals surface area contributed by atoms with Gasteiger partial charge < -0.3 is 21.1 Å². The Morgan fingerprint density at radius 3 is 2.62 bits per heavy atom. The molecule has 0 radical (unpaired) electrons. The van der Waals surface area contributed by atoms with Crippen molar-refractivity contribution in [3.05, 3.63) is 30.1 Å². The van der Waals surface area contributed by atoms with Gasteiger partial charge in [-0.05, 0) is 19.9 Å². The average molecular weight is 285 g/mol. The summed E-state index contributed by atoms with van der Waals surface area (Å²) in [5.74, 6) is 0.917. The Kier molecular flexibility index (Phi) is 3.07. The highest BCUT2D eigenvalue weighted by Crippen LogP contribution is 2.29. The molecule has 0 aliphatic carbocycles. The number of nitrogens with two attached hydrogens (primary N) is 2. The number of hydrogen-bond donors (Lipinski definition) is 3. The Bertz CT molecular complexity index is 816. The topological polar surface area (TPSA) is 103 Å². The highest BCUT2D eigenvalue weighted by molar-refractivity contribution is 6.06. The lowest BCUT2D eigenvalue weighted by Gasteiger charge is -2.21. The molecule has 0 unspecified atom stereocenters. The number of nitrogen functional groups attached to an aromatic ring is 1. The molecule has 3 aromatic rings. The van der Waals surface area contributed by atoms with E-state index in [0.29, 0.717) is 23.7 Å². The number of anilines is 1. The van der Waals surface area contributed by atoms with Crippen LogP contribution >= 0.6 is 0 Å². The van der Waals surface area contributed by atoms with Crippen LogP contribution in [0.2, 0.25) is 0 Å². The van der Waals surface area contributed by atoms with E-state index in [0.717, 1.165) is 16.4 Å². The molecule has 0 saturated carbocycles. The summed E-state index contributed by atoms with van der Waals surface area (Å²) < 4.78 is 1.94. The molecular weight excluding hydrogens is 266 g/mol. The van der Waals surface area contributed by atoms with E-state index < -0.39 is 5.54 Å². The van der Waals surface area contributed by atoms with E-state index in [2.05, 4.69) is 9.97 Å². The van der Waals surface area contributed by atoms with Crippen LogP contribution in [0.3, 0.4) is 0 Å². The molecule has 0 atom stereocenters. The molecule has 0 aliphatic heterocycles. The SMILES string of the molecule is CC(C)(N)Cn1c(CO)nc2c(N)nc3ccccc3c21. The van der Waals surface area contributed by atoms with Crippen LogP contribution in [-0.2, 0) is 13.2 Å². The molecule has 2 aromatic heterocycles. The number of fused-ring (bicyclic) bond motifs is 3. The van der Waals surface area contributed by atoms with Gasteiger partial charge in [-0.3, -0.25) is 0 Å². The van der Waals surface area contributed by atoms with E-state index >= 15 is 0 Å². The summed E-state index contributed by atoms with van der Waals surface area (Å²) in [6.07, 6.45) is 0. The van der Waals surface area contributed by atoms with Gasteiger partial charge in [-0.2, -0.15) is 0 Å². The Morgan fingerprint density at radius 1 is 1.24 bits per heavy atom. The van der Waals surface area contributed by atoms with E-state index in [-0.39, 0.29) is 6.61 Å². The molecule has 1 aromatic carbocycles. The first-order valence-corrected chi connectivity index (χ1v) is 6.84. The van der Waals surface area contributed by atoms with Gasteiger partial charge in [0.1, 0.15) is 17.9 Å². The second kappa shape index (κ2) is 4.68. The standard InChI is InChI=1S/C15H19N5O/c1-15(2,17)8-20-11(7-21)19-12-13(20)9-5-3-4-6-10(9)18-14(12)16/h3-6,21H,7-8,17H2,1-2H3,(H2,16,18). The number of aliphatic hydroxyl groups excluding tert-OH is 1. The van der Waals surface area contributed by atoms with E-state index in [1.54, 1.807) is 0 Å². The lowest BCUT2D eigenvalue weighted by Crippen LogP contribution is -2.37. The quantitative estimate of drug-likeness (QED) is 0.675. The van der Waals surface area contributed by atoms with Gasteiger partial charge in [0.05, 0.1) is 11.0 Å². The van der Waals surface area contributed by atoms with E-state index in [1.807, 2.05) is 42.7 Å². The van der Waals surface area contributed by atoms with Crippen LogP contribution in [0, 0.1) is 0 Å². The fourth-order valence-electron chi connectivity index (χ4n) is 2.60. The number of pyridine rings is 1. The monoisotopic (exact) mass is 285 g/mol. The zero-order chi connectivity index (χ0) is 15.2. The summed E-state index contributed by atoms with van der Waals surface area (Å²) in [5.41, 5.74) is 14.0. The number of nitrogens with zero attached hydrogens (tertiary/aromatic N) is 3. The van der Waals surface area contributed by atoms with Crippen LogP contribution in [-0.4, -0.2) is 25.2 Å². The Balaban J connectivity index is 2.43. The number of benzene rings is 1. The van der Waals surface area contributed by atoms with Gasteiger partial charge in [0.2, 0.25) is 0 Å². The predicted octanol–water partition coefficient (Wildman–Crippen LogP) is 1.40. The number of rotatable bonds is 3. The second-order valence-electron chi connectivity index (χ2n) is 5.97. The minimum atomic E-state index is -0.434. The number of aromatic nitrogens is 3. The number of hydrogen-bond acceptors (Lipinski definition) is 5. The summed E-state index contributed by atoms with van der Waals surface area (Å²) in [7, 11) is 0. The first-order chi connectivity index (χ1) is 9.90. The molecule has 0 saturated heterocycles. The van der Waals surface area contributed by atoms with Gasteiger partial charge >= 0.3 is 0 Å². The fraction of sp³-hybridized carbons (Fsp3) is 0.333. The first kappa shape index (κ1) is 13.8. The van der Waals surface area contributed by atoms with Gasteiger partial charge in [-0.1, -0.05) is 18.2 Å². The van der Waals surface area contributed by atoms with E-state index in [1.165, 1.54) is 0 Å². The van der Waals surface area contributed by atoms with Crippen molar-refractivity contribution in [3.63, 3.8) is 0 Å². The minimum Gasteiger partial charge on any atom is -0.388 e. The third-order valence-electron chi connectivity index (χ3n) is 3.40. The Labute approximate surface area is 122 Å². The van der Waals surface area contributed by atoms with Gasteiger partial charge in [-0.25, -0.2) is 9.97 Å². The summed E-state index contributed by atoms with van der Waals surface area (Å²) in [6.45, 7) is 4.24. The van der Waals surface area contributed by atoms with Crippen LogP contribution in [0.1, 0.15) is 19.7 Å². The van der Waals surface area contributed by atoms with Gasteiger partial charge in [-0.15, -0.1) is 0 Å². The average Bonchev–Trinajstić information content (AvgIpc) is 2.76. The predicted molar refractivity (Wildman–Crippen MR) is 83.6 cm³/mol. The molecule has 3 rings (SSSR count). The largest absolute Gasteiger partial charge is 0.388 e. The molecule has 0 bridgehead atoms. The van der Waals surface area contributed by atoms with E-state index in [9.17, 15) is 5.11 Å². The van der Waals surface area contributed by atoms with Crippen LogP contribution in [0.4, 0.5) is 5.82 Å². The summed E-state index contributed by atoms with van der Waals surface area (Å²) in [6, 6.07) is 7.76. The lowest BCUT2D eigenvalue weighted by atomic mass is 10.1. The van der Waals surface area contributed by atoms with Crippen molar-refractivity contribution >= 4 is 27.8 Å². The summed E-state index contributed by atoms with van der Waals surface area (Å²) in [5, 5.41) is 10.6. The molecule has 6 nitrogen and oxygen atoms in total. The van der Waals surface area contributed by atoms with Crippen molar-refractivity contribution < 1.29 is 5.11 Å². The van der Waals surface area contributed by atoms with E-state index in [4.69, 9.17) is 11.5 Å². The lowest BCUT2D eigenvalue weighted by molar-refractivity contribution is 0.262. The number of aliphatic hydroxyl groups is 1. The molecule has 0 fully saturated rings. The third kappa shape index (κ3) is 2.32. The zero-order valence-corrected chi connectivity index (χ0v) is 12.2. The number of para-hydroxylation sites is 1. The highest BCUT2D eigenvalue weighted by atomic mass is 16.3. The van der Waals surface area contributed by atoms with Crippen LogP contribution in [0.15, 0.2) is 24.3 Å². The first-order valence-electron chi connectivity index (χ1n) is 6.84. The van der Waals surface area contributed by atoms with Crippen molar-refractivity contribution in [2.24, 2.45) is 5.73 Å². The molecule has 6 heteroatoms. The molecule has 2 heterocycles. The fourth-order valence-corrected chi connectivity index (χ4v) is 2.60. The summed E-state index contributed by atoms with van der Waals surface area (Å²) >= 11 is 0. The minimum absolute atomic E-state index is 0.168. The maximum absolute atomic E-state index is 9.59. The van der Waals surface area contributed by atoms with Gasteiger partial charge in [0.25, 0.3) is 0 Å². The second-order valence-corrected chi connectivity index (χ2v) is 5.97. The smallest absolute Gasteiger partial charge is 0.152 e. The van der Waals surface area contributed by atoms with Crippen molar-refractivity contribution in [3.8, 4) is 0 Å². The third-order valence-corrected chi connectivity index (χ3v) is 3.40. The molecule has 0 spiro atoms. The molecule has 5 N–H and O–H groups in total. The molecule has 0 amide bonds. The van der Waals surface area contributed by atoms with Crippen molar-refractivity contribution in [2.75, 3.05) is 5.73 Å². The van der Waals surface area contributed by atoms with Gasteiger partial charge in [0, 0.05) is 17.5 Å². The highest BCUT2D eigenvalue weighted by Gasteiger charge is 2.21. The molecule has 0 aliphatic rings. The maximum atomic E-state index is 9.59. The Hall–Kier alpha value is -2.18.